The fraction of sp³-hybridized carbons (Fsp3) is 0.765. The van der Waals surface area contributed by atoms with E-state index in [2.05, 4.69) is 41.6 Å². The highest BCUT2D eigenvalue weighted by molar-refractivity contribution is 7.10. The summed E-state index contributed by atoms with van der Waals surface area (Å²) in [4.78, 5) is 4.05. The summed E-state index contributed by atoms with van der Waals surface area (Å²) in [5.74, 6) is 0.863. The average molecular weight is 295 g/mol. The highest BCUT2D eigenvalue weighted by Crippen LogP contribution is 2.37. The van der Waals surface area contributed by atoms with Crippen molar-refractivity contribution in [2.75, 3.05) is 26.2 Å². The molecule has 1 aliphatic carbocycles. The summed E-state index contributed by atoms with van der Waals surface area (Å²) in [5, 5.41) is 6.07. The van der Waals surface area contributed by atoms with Gasteiger partial charge in [-0.2, -0.15) is 0 Å². The highest BCUT2D eigenvalue weighted by atomic mass is 32.1. The van der Waals surface area contributed by atoms with Crippen LogP contribution in [0.1, 0.15) is 56.9 Å². The van der Waals surface area contributed by atoms with E-state index in [4.69, 9.17) is 0 Å². The summed E-state index contributed by atoms with van der Waals surface area (Å²) in [6.45, 7) is 9.23. The normalized spacial score (nSPS) is 17.9. The zero-order valence-electron chi connectivity index (χ0n) is 13.1. The summed E-state index contributed by atoms with van der Waals surface area (Å²) in [6.07, 6.45) is 6.93. The zero-order chi connectivity index (χ0) is 14.2. The van der Waals surface area contributed by atoms with Crippen LogP contribution >= 0.6 is 11.3 Å². The molecule has 0 bridgehead atoms. The van der Waals surface area contributed by atoms with Crippen molar-refractivity contribution in [3.8, 4) is 0 Å². The third-order valence-electron chi connectivity index (χ3n) is 4.63. The van der Waals surface area contributed by atoms with Crippen molar-refractivity contribution >= 4 is 11.3 Å². The molecule has 1 unspecified atom stereocenters. The highest BCUT2D eigenvalue weighted by Gasteiger charge is 2.26. The van der Waals surface area contributed by atoms with Gasteiger partial charge < -0.3 is 10.2 Å². The quantitative estimate of drug-likeness (QED) is 0.683. The molecule has 0 aromatic carbocycles. The van der Waals surface area contributed by atoms with Gasteiger partial charge in [0.05, 0.1) is 0 Å². The third-order valence-corrected chi connectivity index (χ3v) is 5.59. The SMILES string of the molecule is CCN(CC)CCCNC(c1cccs1)C1CCCC1. The molecule has 1 aromatic heterocycles. The minimum absolute atomic E-state index is 0.606. The molecule has 2 rings (SSSR count). The fourth-order valence-corrected chi connectivity index (χ4v) is 4.25. The van der Waals surface area contributed by atoms with E-state index in [0.29, 0.717) is 6.04 Å². The van der Waals surface area contributed by atoms with E-state index in [9.17, 15) is 0 Å². The van der Waals surface area contributed by atoms with Crippen molar-refractivity contribution in [2.45, 2.75) is 52.0 Å². The lowest BCUT2D eigenvalue weighted by molar-refractivity contribution is 0.289. The third kappa shape index (κ3) is 4.57. The molecule has 0 amide bonds. The standard InChI is InChI=1S/C17H30N2S/c1-3-19(4-2)13-8-12-18-17(15-9-5-6-10-15)16-11-7-14-20-16/h7,11,14-15,17-18H,3-6,8-10,12-13H2,1-2H3. The predicted octanol–water partition coefficient (Wildman–Crippen LogP) is 4.30. The summed E-state index contributed by atoms with van der Waals surface area (Å²) >= 11 is 1.92. The molecule has 0 radical (unpaired) electrons. The number of thiophene rings is 1. The fourth-order valence-electron chi connectivity index (χ4n) is 3.36. The number of rotatable bonds is 9. The molecule has 1 aromatic rings. The second kappa shape index (κ2) is 8.81. The van der Waals surface area contributed by atoms with Gasteiger partial charge in [-0.15, -0.1) is 11.3 Å². The van der Waals surface area contributed by atoms with Gasteiger partial charge in [-0.05, 0) is 62.8 Å². The summed E-state index contributed by atoms with van der Waals surface area (Å²) in [6, 6.07) is 5.11. The topological polar surface area (TPSA) is 15.3 Å². The lowest BCUT2D eigenvalue weighted by atomic mass is 9.96. The molecule has 20 heavy (non-hydrogen) atoms. The molecule has 1 aliphatic rings. The lowest BCUT2D eigenvalue weighted by Gasteiger charge is -2.25. The van der Waals surface area contributed by atoms with Crippen LogP contribution in [0.4, 0.5) is 0 Å². The van der Waals surface area contributed by atoms with Crippen molar-refractivity contribution in [3.63, 3.8) is 0 Å². The first kappa shape index (κ1) is 16.0. The number of hydrogen-bond acceptors (Lipinski definition) is 3. The van der Waals surface area contributed by atoms with E-state index in [1.807, 2.05) is 11.3 Å². The van der Waals surface area contributed by atoms with Crippen molar-refractivity contribution in [1.82, 2.24) is 10.2 Å². The second-order valence-electron chi connectivity index (χ2n) is 5.87. The maximum atomic E-state index is 3.85. The van der Waals surface area contributed by atoms with Gasteiger partial charge in [-0.25, -0.2) is 0 Å². The molecule has 1 saturated carbocycles. The van der Waals surface area contributed by atoms with Gasteiger partial charge in [-0.1, -0.05) is 32.8 Å². The molecule has 1 fully saturated rings. The van der Waals surface area contributed by atoms with Crippen molar-refractivity contribution in [1.29, 1.82) is 0 Å². The first-order valence-corrected chi connectivity index (χ1v) is 9.22. The Morgan fingerprint density at radius 2 is 2.05 bits per heavy atom. The van der Waals surface area contributed by atoms with Gasteiger partial charge in [-0.3, -0.25) is 0 Å². The van der Waals surface area contributed by atoms with Crippen LogP contribution in [0.3, 0.4) is 0 Å². The molecule has 114 valence electrons. The molecule has 0 spiro atoms. The molecule has 1 heterocycles. The largest absolute Gasteiger partial charge is 0.309 e. The smallest absolute Gasteiger partial charge is 0.0443 e. The molecule has 3 heteroatoms. The molecule has 0 aliphatic heterocycles. The molecule has 0 saturated heterocycles. The van der Waals surface area contributed by atoms with Gasteiger partial charge >= 0.3 is 0 Å². The van der Waals surface area contributed by atoms with Crippen LogP contribution in [0.2, 0.25) is 0 Å². The molecule has 1 atom stereocenters. The van der Waals surface area contributed by atoms with E-state index in [1.165, 1.54) is 51.7 Å². The number of nitrogens with one attached hydrogen (secondary N) is 1. The predicted molar refractivity (Wildman–Crippen MR) is 89.4 cm³/mol. The van der Waals surface area contributed by atoms with Crippen LogP contribution in [0.15, 0.2) is 17.5 Å². The number of hydrogen-bond donors (Lipinski definition) is 1. The van der Waals surface area contributed by atoms with E-state index in [0.717, 1.165) is 12.5 Å². The molecule has 2 nitrogen and oxygen atoms in total. The van der Waals surface area contributed by atoms with Gasteiger partial charge in [0, 0.05) is 10.9 Å². The van der Waals surface area contributed by atoms with Crippen LogP contribution in [0.25, 0.3) is 0 Å². The van der Waals surface area contributed by atoms with E-state index < -0.39 is 0 Å². The Labute approximate surface area is 128 Å². The summed E-state index contributed by atoms with van der Waals surface area (Å²) in [5.41, 5.74) is 0. The Bertz CT molecular complexity index is 340. The maximum absolute atomic E-state index is 3.85. The monoisotopic (exact) mass is 294 g/mol. The van der Waals surface area contributed by atoms with Gasteiger partial charge in [0.2, 0.25) is 0 Å². The van der Waals surface area contributed by atoms with Crippen molar-refractivity contribution in [3.05, 3.63) is 22.4 Å². The minimum atomic E-state index is 0.606. The van der Waals surface area contributed by atoms with Crippen LogP contribution in [-0.4, -0.2) is 31.1 Å². The first-order valence-electron chi connectivity index (χ1n) is 8.34. The van der Waals surface area contributed by atoms with E-state index in [1.54, 1.807) is 4.88 Å². The Hall–Kier alpha value is -0.380. The second-order valence-corrected chi connectivity index (χ2v) is 6.85. The Balaban J connectivity index is 1.79. The summed E-state index contributed by atoms with van der Waals surface area (Å²) < 4.78 is 0. The van der Waals surface area contributed by atoms with Crippen LogP contribution in [0, 0.1) is 5.92 Å². The number of nitrogens with zero attached hydrogens (tertiary/aromatic N) is 1. The van der Waals surface area contributed by atoms with Crippen LogP contribution in [-0.2, 0) is 0 Å². The van der Waals surface area contributed by atoms with Gasteiger partial charge in [0.25, 0.3) is 0 Å². The molecule has 1 N–H and O–H groups in total. The Morgan fingerprint density at radius 3 is 2.65 bits per heavy atom. The van der Waals surface area contributed by atoms with Crippen LogP contribution in [0.5, 0.6) is 0 Å². The maximum Gasteiger partial charge on any atom is 0.0443 e. The molecular formula is C17H30N2S. The van der Waals surface area contributed by atoms with Gasteiger partial charge in [0.15, 0.2) is 0 Å². The van der Waals surface area contributed by atoms with Gasteiger partial charge in [0.1, 0.15) is 0 Å². The lowest BCUT2D eigenvalue weighted by Crippen LogP contribution is -2.31. The Kier molecular flexibility index (Phi) is 7.05. The first-order chi connectivity index (χ1) is 9.85. The Morgan fingerprint density at radius 1 is 1.30 bits per heavy atom. The zero-order valence-corrected chi connectivity index (χ0v) is 13.9. The van der Waals surface area contributed by atoms with Crippen LogP contribution < -0.4 is 5.32 Å². The van der Waals surface area contributed by atoms with E-state index in [-0.39, 0.29) is 0 Å². The minimum Gasteiger partial charge on any atom is -0.309 e. The van der Waals surface area contributed by atoms with Crippen molar-refractivity contribution in [2.24, 2.45) is 5.92 Å². The summed E-state index contributed by atoms with van der Waals surface area (Å²) in [7, 11) is 0. The molecular weight excluding hydrogens is 264 g/mol. The van der Waals surface area contributed by atoms with Crippen molar-refractivity contribution < 1.29 is 0 Å². The average Bonchev–Trinajstić information content (AvgIpc) is 3.16. The van der Waals surface area contributed by atoms with E-state index >= 15 is 0 Å².